The maximum atomic E-state index is 12.1. The normalized spacial score (nSPS) is 25.8. The summed E-state index contributed by atoms with van der Waals surface area (Å²) in [5, 5.41) is 28.1. The number of aliphatic hydroxyl groups excluding tert-OH is 2. The molecule has 0 unspecified atom stereocenters. The predicted octanol–water partition coefficient (Wildman–Crippen LogP) is -1.54. The van der Waals surface area contributed by atoms with Gasteiger partial charge in [-0.25, -0.2) is 4.79 Å². The van der Waals surface area contributed by atoms with Gasteiger partial charge >= 0.3 is 5.69 Å². The van der Waals surface area contributed by atoms with Gasteiger partial charge in [-0.1, -0.05) is 5.92 Å². The average Bonchev–Trinajstić information content (AvgIpc) is 2.87. The number of nitrogens with zero attached hydrogens (tertiary/aromatic N) is 2. The van der Waals surface area contributed by atoms with Crippen LogP contribution in [-0.2, 0) is 9.47 Å². The third kappa shape index (κ3) is 3.55. The van der Waals surface area contributed by atoms with Crippen molar-refractivity contribution >= 4 is 0 Å². The second kappa shape index (κ2) is 7.90. The zero-order valence-corrected chi connectivity index (χ0v) is 12.9. The molecule has 1 aliphatic heterocycles. The summed E-state index contributed by atoms with van der Waals surface area (Å²) in [6, 6.07) is 1.90. The van der Waals surface area contributed by atoms with E-state index in [9.17, 15) is 19.8 Å². The number of ether oxygens (including phenoxy) is 2. The molecular formula is C15H17N3O6. The van der Waals surface area contributed by atoms with Crippen molar-refractivity contribution in [3.63, 3.8) is 0 Å². The first-order valence-corrected chi connectivity index (χ1v) is 7.24. The average molecular weight is 335 g/mol. The molecule has 24 heavy (non-hydrogen) atoms. The third-order valence-corrected chi connectivity index (χ3v) is 3.52. The summed E-state index contributed by atoms with van der Waals surface area (Å²) in [6.45, 7) is 1.09. The molecule has 0 radical (unpaired) electrons. The van der Waals surface area contributed by atoms with Crippen LogP contribution in [0.25, 0.3) is 0 Å². The van der Waals surface area contributed by atoms with Crippen LogP contribution in [0.15, 0.2) is 15.8 Å². The smallest absolute Gasteiger partial charge is 0.330 e. The van der Waals surface area contributed by atoms with E-state index in [4.69, 9.17) is 14.7 Å². The summed E-state index contributed by atoms with van der Waals surface area (Å²) in [5.74, 6) is 5.13. The molecule has 2 heterocycles. The van der Waals surface area contributed by atoms with Gasteiger partial charge in [0.2, 0.25) is 0 Å². The molecule has 1 fully saturated rings. The van der Waals surface area contributed by atoms with E-state index in [0.717, 1.165) is 4.57 Å². The standard InChI is InChI=1S/C15H17N3O6/c1-2-4-9-7-18(15(22)17-13(9)21)14-12(23-6-3-5-16)11(20)10(8-19)24-14/h7,10-12,14,19-20H,3,6,8H2,1H3,(H,17,21,22)/t10-,11-,12-,14-/m1/s1. The van der Waals surface area contributed by atoms with Crippen LogP contribution in [0.5, 0.6) is 0 Å². The second-order valence-corrected chi connectivity index (χ2v) is 5.07. The highest BCUT2D eigenvalue weighted by Crippen LogP contribution is 2.30. The van der Waals surface area contributed by atoms with E-state index in [2.05, 4.69) is 16.8 Å². The van der Waals surface area contributed by atoms with Gasteiger partial charge in [0.25, 0.3) is 5.56 Å². The minimum atomic E-state index is -1.20. The number of aromatic amines is 1. The lowest BCUT2D eigenvalue weighted by Crippen LogP contribution is -2.40. The third-order valence-electron chi connectivity index (χ3n) is 3.52. The van der Waals surface area contributed by atoms with Crippen molar-refractivity contribution in [2.45, 2.75) is 37.9 Å². The lowest BCUT2D eigenvalue weighted by Gasteiger charge is -2.22. The van der Waals surface area contributed by atoms with E-state index in [1.54, 1.807) is 6.92 Å². The predicted molar refractivity (Wildman–Crippen MR) is 80.8 cm³/mol. The lowest BCUT2D eigenvalue weighted by molar-refractivity contribution is -0.0733. The van der Waals surface area contributed by atoms with Gasteiger partial charge in [0, 0.05) is 6.20 Å². The molecule has 128 valence electrons. The summed E-state index contributed by atoms with van der Waals surface area (Å²) < 4.78 is 12.0. The highest BCUT2D eigenvalue weighted by atomic mass is 16.6. The maximum Gasteiger partial charge on any atom is 0.330 e. The fraction of sp³-hybridized carbons (Fsp3) is 0.533. The molecule has 1 aromatic heterocycles. The first-order valence-electron chi connectivity index (χ1n) is 7.24. The molecule has 1 saturated heterocycles. The number of nitriles is 1. The van der Waals surface area contributed by atoms with E-state index in [1.165, 1.54) is 6.20 Å². The summed E-state index contributed by atoms with van der Waals surface area (Å²) in [4.78, 5) is 25.9. The van der Waals surface area contributed by atoms with Crippen molar-refractivity contribution in [3.05, 3.63) is 32.6 Å². The second-order valence-electron chi connectivity index (χ2n) is 5.07. The largest absolute Gasteiger partial charge is 0.394 e. The van der Waals surface area contributed by atoms with E-state index in [-0.39, 0.29) is 18.6 Å². The molecule has 9 nitrogen and oxygen atoms in total. The quantitative estimate of drug-likeness (QED) is 0.438. The van der Waals surface area contributed by atoms with Gasteiger partial charge in [0.05, 0.1) is 25.7 Å². The summed E-state index contributed by atoms with van der Waals surface area (Å²) >= 11 is 0. The van der Waals surface area contributed by atoms with Gasteiger partial charge in [-0.2, -0.15) is 5.26 Å². The molecule has 0 bridgehead atoms. The van der Waals surface area contributed by atoms with Gasteiger partial charge < -0.3 is 19.7 Å². The molecule has 0 aromatic carbocycles. The van der Waals surface area contributed by atoms with Crippen molar-refractivity contribution in [2.75, 3.05) is 13.2 Å². The van der Waals surface area contributed by atoms with Gasteiger partial charge in [0.15, 0.2) is 6.23 Å². The minimum Gasteiger partial charge on any atom is -0.394 e. The summed E-state index contributed by atoms with van der Waals surface area (Å²) in [5.41, 5.74) is -1.34. The van der Waals surface area contributed by atoms with E-state index in [0.29, 0.717) is 0 Å². The zero-order chi connectivity index (χ0) is 17.7. The Morgan fingerprint density at radius 2 is 2.25 bits per heavy atom. The number of aliphatic hydroxyl groups is 2. The van der Waals surface area contributed by atoms with Crippen molar-refractivity contribution < 1.29 is 19.7 Å². The maximum absolute atomic E-state index is 12.1. The van der Waals surface area contributed by atoms with Crippen molar-refractivity contribution in [2.24, 2.45) is 0 Å². The van der Waals surface area contributed by atoms with Gasteiger partial charge in [-0.15, -0.1) is 5.92 Å². The van der Waals surface area contributed by atoms with Crippen LogP contribution in [0.3, 0.4) is 0 Å². The Balaban J connectivity index is 2.41. The van der Waals surface area contributed by atoms with Gasteiger partial charge in [-0.05, 0) is 6.92 Å². The molecule has 4 atom stereocenters. The topological polar surface area (TPSA) is 138 Å². The van der Waals surface area contributed by atoms with Crippen LogP contribution < -0.4 is 11.2 Å². The highest BCUT2D eigenvalue weighted by Gasteiger charge is 2.45. The fourth-order valence-corrected chi connectivity index (χ4v) is 2.41. The summed E-state index contributed by atoms with van der Waals surface area (Å²) in [7, 11) is 0. The fourth-order valence-electron chi connectivity index (χ4n) is 2.41. The SMILES string of the molecule is CC#Cc1cn([C@@H]2O[C@H](CO)[C@@H](O)[C@H]2OCCC#N)c(=O)[nH]c1=O. The lowest BCUT2D eigenvalue weighted by atomic mass is 10.1. The van der Waals surface area contributed by atoms with Gasteiger partial charge in [0.1, 0.15) is 23.9 Å². The molecule has 2 rings (SSSR count). The number of aromatic nitrogens is 2. The molecular weight excluding hydrogens is 318 g/mol. The van der Waals surface area contributed by atoms with Gasteiger partial charge in [-0.3, -0.25) is 14.3 Å². The van der Waals surface area contributed by atoms with Crippen molar-refractivity contribution in [3.8, 4) is 17.9 Å². The number of hydrogen-bond acceptors (Lipinski definition) is 7. The highest BCUT2D eigenvalue weighted by molar-refractivity contribution is 5.29. The Morgan fingerprint density at radius 1 is 1.50 bits per heavy atom. The molecule has 9 heteroatoms. The number of H-pyrrole nitrogens is 1. The van der Waals surface area contributed by atoms with E-state index < -0.39 is 42.4 Å². The van der Waals surface area contributed by atoms with Crippen molar-refractivity contribution in [1.29, 1.82) is 5.26 Å². The van der Waals surface area contributed by atoms with Crippen LogP contribution in [-0.4, -0.2) is 51.3 Å². The first kappa shape index (κ1) is 17.9. The van der Waals surface area contributed by atoms with Crippen LogP contribution in [0, 0.1) is 23.2 Å². The van der Waals surface area contributed by atoms with Crippen LogP contribution >= 0.6 is 0 Å². The van der Waals surface area contributed by atoms with E-state index >= 15 is 0 Å². The van der Waals surface area contributed by atoms with Crippen LogP contribution in [0.1, 0.15) is 25.1 Å². The van der Waals surface area contributed by atoms with Crippen LogP contribution in [0.4, 0.5) is 0 Å². The first-order chi connectivity index (χ1) is 11.5. The molecule has 3 N–H and O–H groups in total. The Kier molecular flexibility index (Phi) is 5.90. The number of rotatable bonds is 5. The Labute approximate surface area is 137 Å². The molecule has 1 aliphatic rings. The molecule has 0 saturated carbocycles. The minimum absolute atomic E-state index is 0.0238. The Hall–Kier alpha value is -2.43. The van der Waals surface area contributed by atoms with Crippen LogP contribution in [0.2, 0.25) is 0 Å². The Bertz CT molecular complexity index is 796. The monoisotopic (exact) mass is 335 g/mol. The summed E-state index contributed by atoms with van der Waals surface area (Å²) in [6.07, 6.45) is -2.90. The zero-order valence-electron chi connectivity index (χ0n) is 12.9. The van der Waals surface area contributed by atoms with E-state index in [1.807, 2.05) is 6.07 Å². The molecule has 1 aromatic rings. The molecule has 0 spiro atoms. The molecule has 0 aliphatic carbocycles. The van der Waals surface area contributed by atoms with Crippen molar-refractivity contribution in [1.82, 2.24) is 9.55 Å². The number of nitrogens with one attached hydrogen (secondary N) is 1. The Morgan fingerprint density at radius 3 is 2.88 bits per heavy atom. The number of hydrogen-bond donors (Lipinski definition) is 3. The molecule has 0 amide bonds.